The molecule has 0 atom stereocenters. The predicted octanol–water partition coefficient (Wildman–Crippen LogP) is 4.56. The second kappa shape index (κ2) is 9.17. The summed E-state index contributed by atoms with van der Waals surface area (Å²) in [5.74, 6) is -0.245. The molecule has 0 radical (unpaired) electrons. The van der Waals surface area contributed by atoms with Crippen molar-refractivity contribution >= 4 is 52.2 Å². The van der Waals surface area contributed by atoms with Gasteiger partial charge in [-0.2, -0.15) is 0 Å². The number of nitro groups is 1. The van der Waals surface area contributed by atoms with E-state index >= 15 is 0 Å². The first-order chi connectivity index (χ1) is 15.3. The molecule has 1 aromatic heterocycles. The van der Waals surface area contributed by atoms with E-state index in [0.717, 1.165) is 35.9 Å². The molecule has 1 aromatic carbocycles. The van der Waals surface area contributed by atoms with E-state index in [1.54, 1.807) is 17.0 Å². The van der Waals surface area contributed by atoms with Gasteiger partial charge in [-0.25, -0.2) is 0 Å². The number of benzene rings is 1. The number of thioether (sulfide) groups is 1. The van der Waals surface area contributed by atoms with Gasteiger partial charge in [0.25, 0.3) is 16.8 Å². The number of carbonyl (C=O) groups excluding carboxylic acids is 3. The second-order valence-electron chi connectivity index (χ2n) is 7.33. The van der Waals surface area contributed by atoms with Crippen LogP contribution in [0.1, 0.15) is 25.0 Å². The van der Waals surface area contributed by atoms with Crippen molar-refractivity contribution in [2.24, 2.45) is 0 Å². The molecule has 3 heterocycles. The van der Waals surface area contributed by atoms with Gasteiger partial charge in [-0.1, -0.05) is 11.6 Å². The average molecular weight is 476 g/mol. The molecular weight excluding hydrogens is 458 g/mol. The summed E-state index contributed by atoms with van der Waals surface area (Å²) in [5.41, 5.74) is 0.197. The Morgan fingerprint density at radius 2 is 1.94 bits per heavy atom. The number of furan rings is 1. The van der Waals surface area contributed by atoms with Crippen LogP contribution in [0.5, 0.6) is 0 Å². The van der Waals surface area contributed by atoms with Crippen molar-refractivity contribution in [2.45, 2.75) is 19.3 Å². The Labute approximate surface area is 192 Å². The van der Waals surface area contributed by atoms with E-state index < -0.39 is 16.1 Å². The lowest BCUT2D eigenvalue weighted by Gasteiger charge is -2.27. The van der Waals surface area contributed by atoms with E-state index in [1.807, 2.05) is 0 Å². The maximum absolute atomic E-state index is 12.7. The van der Waals surface area contributed by atoms with E-state index in [2.05, 4.69) is 0 Å². The molecule has 0 spiro atoms. The van der Waals surface area contributed by atoms with Gasteiger partial charge in [-0.3, -0.25) is 29.4 Å². The number of hydrogen-bond acceptors (Lipinski definition) is 7. The molecule has 9 nitrogen and oxygen atoms in total. The fourth-order valence-electron chi connectivity index (χ4n) is 3.53. The van der Waals surface area contributed by atoms with Crippen molar-refractivity contribution in [3.8, 4) is 11.3 Å². The molecule has 0 unspecified atom stereocenters. The van der Waals surface area contributed by atoms with Crippen LogP contribution >= 0.6 is 23.4 Å². The molecule has 2 aliphatic rings. The third-order valence-electron chi connectivity index (χ3n) is 5.20. The lowest BCUT2D eigenvalue weighted by molar-refractivity contribution is -0.384. The number of nitrogens with zero attached hydrogens (tertiary/aromatic N) is 3. The Morgan fingerprint density at radius 3 is 2.66 bits per heavy atom. The summed E-state index contributed by atoms with van der Waals surface area (Å²) in [7, 11) is 0. The van der Waals surface area contributed by atoms with Gasteiger partial charge in [0.05, 0.1) is 14.9 Å². The Hall–Kier alpha value is -3.11. The van der Waals surface area contributed by atoms with Crippen LogP contribution < -0.4 is 0 Å². The molecule has 2 fully saturated rings. The van der Waals surface area contributed by atoms with Crippen molar-refractivity contribution in [3.63, 3.8) is 0 Å². The van der Waals surface area contributed by atoms with E-state index in [-0.39, 0.29) is 39.6 Å². The van der Waals surface area contributed by atoms with Gasteiger partial charge >= 0.3 is 0 Å². The number of likely N-dealkylation sites (tertiary alicyclic amines) is 1. The lowest BCUT2D eigenvalue weighted by atomic mass is 10.1. The zero-order chi connectivity index (χ0) is 22.8. The molecule has 2 aromatic rings. The molecule has 0 N–H and O–H groups in total. The first kappa shape index (κ1) is 22.1. The Kier molecular flexibility index (Phi) is 6.33. The van der Waals surface area contributed by atoms with Crippen LogP contribution in [0.15, 0.2) is 39.7 Å². The summed E-state index contributed by atoms with van der Waals surface area (Å²) in [5, 5.41) is 10.8. The zero-order valence-electron chi connectivity index (χ0n) is 16.8. The maximum Gasteiger partial charge on any atom is 0.294 e. The molecule has 0 aliphatic carbocycles. The number of hydrogen-bond donors (Lipinski definition) is 0. The largest absolute Gasteiger partial charge is 0.457 e. The summed E-state index contributed by atoms with van der Waals surface area (Å²) in [6.07, 6.45) is 4.32. The lowest BCUT2D eigenvalue weighted by Crippen LogP contribution is -2.44. The highest BCUT2D eigenvalue weighted by Gasteiger charge is 2.37. The predicted molar refractivity (Wildman–Crippen MR) is 119 cm³/mol. The minimum absolute atomic E-state index is 0.132. The van der Waals surface area contributed by atoms with E-state index in [1.165, 1.54) is 24.3 Å². The highest BCUT2D eigenvalue weighted by atomic mass is 35.5. The van der Waals surface area contributed by atoms with Crippen molar-refractivity contribution < 1.29 is 23.7 Å². The number of imide groups is 1. The highest BCUT2D eigenvalue weighted by molar-refractivity contribution is 8.18. The van der Waals surface area contributed by atoms with Gasteiger partial charge < -0.3 is 9.32 Å². The first-order valence-electron chi connectivity index (χ1n) is 9.91. The fourth-order valence-corrected chi connectivity index (χ4v) is 4.56. The van der Waals surface area contributed by atoms with Crippen LogP contribution in [0.25, 0.3) is 17.4 Å². The fraction of sp³-hybridized carbons (Fsp3) is 0.286. The van der Waals surface area contributed by atoms with Crippen molar-refractivity contribution in [2.75, 3.05) is 19.6 Å². The summed E-state index contributed by atoms with van der Waals surface area (Å²) in [4.78, 5) is 50.7. The minimum Gasteiger partial charge on any atom is -0.457 e. The van der Waals surface area contributed by atoms with Crippen LogP contribution in [0.2, 0.25) is 5.02 Å². The second-order valence-corrected chi connectivity index (χ2v) is 8.73. The summed E-state index contributed by atoms with van der Waals surface area (Å²) < 4.78 is 5.69. The number of halogens is 1. The van der Waals surface area contributed by atoms with Crippen LogP contribution in [-0.2, 0) is 9.59 Å². The van der Waals surface area contributed by atoms with E-state index in [0.29, 0.717) is 18.7 Å². The number of rotatable bonds is 5. The molecule has 3 amide bonds. The van der Waals surface area contributed by atoms with E-state index in [4.69, 9.17) is 16.0 Å². The maximum atomic E-state index is 12.7. The normalized spacial score (nSPS) is 18.0. The Balaban J connectivity index is 1.50. The smallest absolute Gasteiger partial charge is 0.294 e. The van der Waals surface area contributed by atoms with Gasteiger partial charge in [-0.15, -0.1) is 0 Å². The van der Waals surface area contributed by atoms with Crippen LogP contribution in [0.3, 0.4) is 0 Å². The summed E-state index contributed by atoms with van der Waals surface area (Å²) in [6, 6.07) is 7.13. The monoisotopic (exact) mass is 475 g/mol. The van der Waals surface area contributed by atoms with Gasteiger partial charge in [0.1, 0.15) is 18.1 Å². The minimum atomic E-state index is -0.559. The summed E-state index contributed by atoms with van der Waals surface area (Å²) >= 11 is 6.88. The van der Waals surface area contributed by atoms with Crippen molar-refractivity contribution in [1.29, 1.82) is 0 Å². The molecule has 32 heavy (non-hydrogen) atoms. The molecule has 0 bridgehead atoms. The zero-order valence-corrected chi connectivity index (χ0v) is 18.4. The molecule has 4 rings (SSSR count). The van der Waals surface area contributed by atoms with Crippen LogP contribution in [0, 0.1) is 10.1 Å². The third-order valence-corrected chi connectivity index (χ3v) is 6.44. The number of amides is 3. The standard InChI is InChI=1S/C21H18ClN3O6S/c22-16-6-4-13(25(29)30)10-15(16)17-7-5-14(31-17)11-18-20(27)24(21(28)32-18)12-19(26)23-8-2-1-3-9-23/h4-7,10-11H,1-3,8-9,12H2/b18-11-. The molecule has 2 saturated heterocycles. The quantitative estimate of drug-likeness (QED) is 0.354. The summed E-state index contributed by atoms with van der Waals surface area (Å²) in [6.45, 7) is 0.995. The van der Waals surface area contributed by atoms with Gasteiger partial charge in [-0.05, 0) is 49.2 Å². The van der Waals surface area contributed by atoms with Crippen LogP contribution in [-0.4, -0.2) is 51.4 Å². The topological polar surface area (TPSA) is 114 Å². The molecule has 166 valence electrons. The van der Waals surface area contributed by atoms with Gasteiger partial charge in [0.15, 0.2) is 0 Å². The molecular formula is C21H18ClN3O6S. The SMILES string of the molecule is O=C(CN1C(=O)S/C(=C\c2ccc(-c3cc([N+](=O)[O-])ccc3Cl)o2)C1=O)N1CCCCC1. The Bertz CT molecular complexity index is 1140. The molecule has 0 saturated carbocycles. The molecule has 2 aliphatic heterocycles. The molecule has 11 heteroatoms. The number of piperidine rings is 1. The number of nitro benzene ring substituents is 1. The van der Waals surface area contributed by atoms with Gasteiger partial charge in [0, 0.05) is 36.9 Å². The van der Waals surface area contributed by atoms with Crippen molar-refractivity contribution in [3.05, 3.63) is 56.1 Å². The van der Waals surface area contributed by atoms with Crippen molar-refractivity contribution in [1.82, 2.24) is 9.80 Å². The first-order valence-corrected chi connectivity index (χ1v) is 11.1. The Morgan fingerprint density at radius 1 is 1.19 bits per heavy atom. The van der Waals surface area contributed by atoms with E-state index in [9.17, 15) is 24.5 Å². The average Bonchev–Trinajstić information content (AvgIpc) is 3.34. The number of non-ortho nitro benzene ring substituents is 1. The third kappa shape index (κ3) is 4.56. The highest BCUT2D eigenvalue weighted by Crippen LogP contribution is 2.35. The van der Waals surface area contributed by atoms with Gasteiger partial charge in [0.2, 0.25) is 5.91 Å². The number of carbonyl (C=O) groups is 3. The van der Waals surface area contributed by atoms with Crippen LogP contribution in [0.4, 0.5) is 10.5 Å².